The van der Waals surface area contributed by atoms with Gasteiger partial charge in [0, 0.05) is 42.2 Å². The second-order valence-electron chi connectivity index (χ2n) is 9.30. The number of halogens is 1. The van der Waals surface area contributed by atoms with Crippen molar-refractivity contribution in [2.75, 3.05) is 5.73 Å². The van der Waals surface area contributed by atoms with Crippen LogP contribution in [-0.2, 0) is 7.05 Å². The van der Waals surface area contributed by atoms with Crippen molar-refractivity contribution in [3.8, 4) is 23.0 Å². The number of carbonyl (C=O) groups is 1. The molecule has 1 unspecified atom stereocenters. The van der Waals surface area contributed by atoms with E-state index in [9.17, 15) is 9.18 Å². The van der Waals surface area contributed by atoms with Crippen LogP contribution < -0.4 is 11.1 Å². The minimum absolute atomic E-state index is 0.0745. The Balaban J connectivity index is 1.44. The molecule has 0 fully saturated rings. The van der Waals surface area contributed by atoms with Gasteiger partial charge in [0.2, 0.25) is 0 Å². The Hall–Kier alpha value is -5.56. The average molecular weight is 531 g/mol. The Morgan fingerprint density at radius 2 is 1.95 bits per heavy atom. The van der Waals surface area contributed by atoms with Crippen molar-refractivity contribution < 1.29 is 9.18 Å². The van der Waals surface area contributed by atoms with E-state index in [0.717, 1.165) is 27.6 Å². The van der Waals surface area contributed by atoms with Crippen molar-refractivity contribution >= 4 is 28.3 Å². The van der Waals surface area contributed by atoms with Crippen LogP contribution in [-0.4, -0.2) is 35.3 Å². The molecule has 0 aliphatic carbocycles. The lowest BCUT2D eigenvalue weighted by molar-refractivity contribution is 0.0941. The number of fused-ring (bicyclic) bond motifs is 2. The summed E-state index contributed by atoms with van der Waals surface area (Å²) in [5, 5.41) is 12.2. The number of nitrogens with one attached hydrogen (secondary N) is 1. The zero-order valence-electron chi connectivity index (χ0n) is 21.6. The van der Waals surface area contributed by atoms with Gasteiger partial charge in [0.15, 0.2) is 11.5 Å². The number of pyridine rings is 1. The zero-order chi connectivity index (χ0) is 27.8. The molecule has 1 amide bonds. The van der Waals surface area contributed by atoms with Gasteiger partial charge in [-0.05, 0) is 48.9 Å². The van der Waals surface area contributed by atoms with Gasteiger partial charge in [-0.1, -0.05) is 30.0 Å². The molecule has 0 spiro atoms. The first-order chi connectivity index (χ1) is 19.4. The van der Waals surface area contributed by atoms with Crippen LogP contribution in [0, 0.1) is 17.7 Å². The van der Waals surface area contributed by atoms with Crippen LogP contribution in [0.1, 0.15) is 40.1 Å². The van der Waals surface area contributed by atoms with Crippen LogP contribution >= 0.6 is 0 Å². The molecule has 2 aromatic carbocycles. The summed E-state index contributed by atoms with van der Waals surface area (Å²) in [7, 11) is 1.84. The molecule has 10 heteroatoms. The van der Waals surface area contributed by atoms with Gasteiger partial charge < -0.3 is 11.1 Å². The lowest BCUT2D eigenvalue weighted by Crippen LogP contribution is -2.28. The Labute approximate surface area is 228 Å². The quantitative estimate of drug-likeness (QED) is 0.329. The number of nitrogen functional groups attached to an aromatic ring is 1. The summed E-state index contributed by atoms with van der Waals surface area (Å²) in [6.07, 6.45) is 6.79. The number of anilines is 1. The summed E-state index contributed by atoms with van der Waals surface area (Å²) >= 11 is 0. The zero-order valence-corrected chi connectivity index (χ0v) is 21.6. The smallest absolute Gasteiger partial charge is 0.259 e. The molecule has 0 saturated heterocycles. The molecule has 4 heterocycles. The third-order valence-corrected chi connectivity index (χ3v) is 6.50. The van der Waals surface area contributed by atoms with E-state index in [-0.39, 0.29) is 17.2 Å². The van der Waals surface area contributed by atoms with Crippen LogP contribution in [0.4, 0.5) is 10.2 Å². The minimum Gasteiger partial charge on any atom is -0.381 e. The Kier molecular flexibility index (Phi) is 6.16. The van der Waals surface area contributed by atoms with E-state index in [1.807, 2.05) is 44.4 Å². The van der Waals surface area contributed by atoms with Crippen LogP contribution in [0.15, 0.2) is 79.4 Å². The van der Waals surface area contributed by atoms with Crippen molar-refractivity contribution in [3.05, 3.63) is 108 Å². The van der Waals surface area contributed by atoms with Crippen molar-refractivity contribution in [3.63, 3.8) is 0 Å². The first kappa shape index (κ1) is 24.8. The van der Waals surface area contributed by atoms with E-state index in [2.05, 4.69) is 32.3 Å². The first-order valence-electron chi connectivity index (χ1n) is 12.5. The molecule has 0 aliphatic rings. The molecule has 4 aromatic heterocycles. The van der Waals surface area contributed by atoms with Gasteiger partial charge >= 0.3 is 0 Å². The summed E-state index contributed by atoms with van der Waals surface area (Å²) in [6.45, 7) is 1.83. The fourth-order valence-corrected chi connectivity index (χ4v) is 4.59. The highest BCUT2D eigenvalue weighted by molar-refractivity contribution is 6.04. The van der Waals surface area contributed by atoms with E-state index in [0.29, 0.717) is 16.9 Å². The number of aromatic nitrogens is 6. The van der Waals surface area contributed by atoms with Crippen molar-refractivity contribution in [1.29, 1.82) is 0 Å². The number of aryl methyl sites for hydroxylation is 1. The van der Waals surface area contributed by atoms with E-state index in [1.54, 1.807) is 41.5 Å². The van der Waals surface area contributed by atoms with E-state index < -0.39 is 11.9 Å². The maximum Gasteiger partial charge on any atom is 0.259 e. The number of hydrogen-bond acceptors (Lipinski definition) is 6. The fraction of sp³-hybridized carbons (Fsp3) is 0.100. The largest absolute Gasteiger partial charge is 0.381 e. The summed E-state index contributed by atoms with van der Waals surface area (Å²) < 4.78 is 17.0. The molecule has 1 atom stereocenters. The third-order valence-electron chi connectivity index (χ3n) is 6.50. The summed E-state index contributed by atoms with van der Waals surface area (Å²) in [4.78, 5) is 22.6. The van der Waals surface area contributed by atoms with Gasteiger partial charge in [-0.2, -0.15) is 5.10 Å². The molecule has 0 aliphatic heterocycles. The molecule has 0 bridgehead atoms. The molecule has 9 nitrogen and oxygen atoms in total. The van der Waals surface area contributed by atoms with Gasteiger partial charge in [-0.25, -0.2) is 18.9 Å². The monoisotopic (exact) mass is 530 g/mol. The van der Waals surface area contributed by atoms with Crippen LogP contribution in [0.5, 0.6) is 0 Å². The molecule has 40 heavy (non-hydrogen) atoms. The van der Waals surface area contributed by atoms with Gasteiger partial charge in [-0.3, -0.25) is 9.48 Å². The number of carbonyl (C=O) groups excluding carboxylic acids is 1. The highest BCUT2D eigenvalue weighted by Crippen LogP contribution is 2.32. The summed E-state index contributed by atoms with van der Waals surface area (Å²) in [5.74, 6) is 5.67. The second kappa shape index (κ2) is 9.96. The normalized spacial score (nSPS) is 11.8. The molecule has 6 aromatic rings. The van der Waals surface area contributed by atoms with E-state index >= 15 is 0 Å². The molecule has 6 rings (SSSR count). The van der Waals surface area contributed by atoms with Gasteiger partial charge in [0.25, 0.3) is 5.91 Å². The highest BCUT2D eigenvalue weighted by atomic mass is 19.1. The standard InChI is InChI=1S/C30H23FN8O/c1-18(35-30(40)26-28(32)37-39-14-4-13-33-29(26)39)27-24(21-9-11-22(31)12-10-21)15-23-20(5-3-6-25(23)36-27)8-7-19-16-34-38(2)17-19/h3-6,9-18H,1-2H3,(H2,32,37)(H,35,40). The third kappa shape index (κ3) is 4.61. The first-order valence-corrected chi connectivity index (χ1v) is 12.5. The molecule has 0 radical (unpaired) electrons. The minimum atomic E-state index is -0.542. The Bertz CT molecular complexity index is 1960. The van der Waals surface area contributed by atoms with Gasteiger partial charge in [-0.15, -0.1) is 5.10 Å². The van der Waals surface area contributed by atoms with Gasteiger partial charge in [0.1, 0.15) is 11.4 Å². The maximum atomic E-state index is 13.8. The number of benzene rings is 2. The lowest BCUT2D eigenvalue weighted by atomic mass is 9.96. The average Bonchev–Trinajstić information content (AvgIpc) is 3.52. The summed E-state index contributed by atoms with van der Waals surface area (Å²) in [5.41, 5.74) is 11.0. The highest BCUT2D eigenvalue weighted by Gasteiger charge is 2.23. The van der Waals surface area contributed by atoms with Crippen molar-refractivity contribution in [2.45, 2.75) is 13.0 Å². The molecular weight excluding hydrogens is 507 g/mol. The molecule has 196 valence electrons. The van der Waals surface area contributed by atoms with E-state index in [1.165, 1.54) is 16.6 Å². The van der Waals surface area contributed by atoms with Crippen LogP contribution in [0.2, 0.25) is 0 Å². The maximum absolute atomic E-state index is 13.8. The molecule has 0 saturated carbocycles. The number of hydrogen-bond donors (Lipinski definition) is 2. The fourth-order valence-electron chi connectivity index (χ4n) is 4.59. The number of rotatable bonds is 4. The second-order valence-corrected chi connectivity index (χ2v) is 9.30. The Morgan fingerprint density at radius 3 is 2.73 bits per heavy atom. The topological polar surface area (TPSA) is 116 Å². The van der Waals surface area contributed by atoms with Crippen molar-refractivity contribution in [1.82, 2.24) is 34.7 Å². The molecular formula is C30H23FN8O. The van der Waals surface area contributed by atoms with Gasteiger partial charge in [0.05, 0.1) is 29.0 Å². The lowest BCUT2D eigenvalue weighted by Gasteiger charge is -2.19. The SMILES string of the molecule is CC(NC(=O)c1c(N)nn2cccnc12)c1nc2cccc(C#Cc3cnn(C)c3)c2cc1-c1ccc(F)cc1. The number of nitrogens with two attached hydrogens (primary N) is 1. The summed E-state index contributed by atoms with van der Waals surface area (Å²) in [6, 6.07) is 15.0. The van der Waals surface area contributed by atoms with Crippen LogP contribution in [0.25, 0.3) is 27.7 Å². The van der Waals surface area contributed by atoms with E-state index in [4.69, 9.17) is 10.7 Å². The number of nitrogens with zero attached hydrogens (tertiary/aromatic N) is 6. The predicted octanol–water partition coefficient (Wildman–Crippen LogP) is 4.29. The van der Waals surface area contributed by atoms with Crippen molar-refractivity contribution in [2.24, 2.45) is 7.05 Å². The predicted molar refractivity (Wildman–Crippen MR) is 150 cm³/mol. The Morgan fingerprint density at radius 1 is 1.12 bits per heavy atom. The molecule has 3 N–H and O–H groups in total. The number of amides is 1. The van der Waals surface area contributed by atoms with Crippen LogP contribution in [0.3, 0.4) is 0 Å².